The van der Waals surface area contributed by atoms with Gasteiger partial charge in [-0.3, -0.25) is 9.58 Å². The first kappa shape index (κ1) is 27.0. The van der Waals surface area contributed by atoms with Gasteiger partial charge in [-0.25, -0.2) is 9.98 Å². The summed E-state index contributed by atoms with van der Waals surface area (Å²) in [5.74, 6) is 1.38. The van der Waals surface area contributed by atoms with Crippen LogP contribution in [0.1, 0.15) is 49.9 Å². The fraction of sp³-hybridized carbons (Fsp3) is 0.682. The summed E-state index contributed by atoms with van der Waals surface area (Å²) in [6.07, 6.45) is 6.89. The molecule has 0 saturated carbocycles. The van der Waals surface area contributed by atoms with Crippen LogP contribution in [0.25, 0.3) is 0 Å². The summed E-state index contributed by atoms with van der Waals surface area (Å²) < 4.78 is 1.69. The number of thiazole rings is 1. The topological polar surface area (TPSA) is 90.6 Å². The predicted molar refractivity (Wildman–Crippen MR) is 142 cm³/mol. The molecule has 0 aromatic carbocycles. The average molecular weight is 576 g/mol. The number of nitrogens with zero attached hydrogens (tertiary/aromatic N) is 5. The molecule has 3 heterocycles. The van der Waals surface area contributed by atoms with Gasteiger partial charge >= 0.3 is 0 Å². The number of piperidine rings is 1. The van der Waals surface area contributed by atoms with Crippen LogP contribution in [0.4, 0.5) is 0 Å². The van der Waals surface area contributed by atoms with E-state index in [1.807, 2.05) is 13.2 Å². The largest absolute Gasteiger partial charge is 0.383 e. The van der Waals surface area contributed by atoms with Crippen LogP contribution in [0.2, 0.25) is 0 Å². The third kappa shape index (κ3) is 7.96. The molecule has 1 unspecified atom stereocenters. The molecule has 0 radical (unpaired) electrons. The maximum atomic E-state index is 10.8. The molecule has 10 heteroatoms. The summed E-state index contributed by atoms with van der Waals surface area (Å²) in [6.45, 7) is 11.1. The first-order chi connectivity index (χ1) is 14.9. The van der Waals surface area contributed by atoms with E-state index in [0.29, 0.717) is 5.92 Å². The third-order valence-electron chi connectivity index (χ3n) is 5.77. The lowest BCUT2D eigenvalue weighted by Crippen LogP contribution is -2.43. The van der Waals surface area contributed by atoms with Crippen molar-refractivity contribution in [3.63, 3.8) is 0 Å². The van der Waals surface area contributed by atoms with E-state index >= 15 is 0 Å². The number of guanidine groups is 1. The van der Waals surface area contributed by atoms with E-state index in [2.05, 4.69) is 44.9 Å². The van der Waals surface area contributed by atoms with Gasteiger partial charge in [0, 0.05) is 43.8 Å². The van der Waals surface area contributed by atoms with Crippen LogP contribution in [0.5, 0.6) is 0 Å². The zero-order valence-corrected chi connectivity index (χ0v) is 22.8. The molecular weight excluding hydrogens is 537 g/mol. The highest BCUT2D eigenvalue weighted by Gasteiger charge is 2.25. The van der Waals surface area contributed by atoms with Crippen LogP contribution in [-0.2, 0) is 25.6 Å². The van der Waals surface area contributed by atoms with Gasteiger partial charge in [0.25, 0.3) is 0 Å². The van der Waals surface area contributed by atoms with E-state index in [0.717, 1.165) is 50.7 Å². The normalized spacial score (nSPS) is 17.6. The van der Waals surface area contributed by atoms with Crippen molar-refractivity contribution in [2.75, 3.05) is 32.7 Å². The molecule has 0 aliphatic carbocycles. The Morgan fingerprint density at radius 3 is 2.66 bits per heavy atom. The van der Waals surface area contributed by atoms with Crippen LogP contribution in [0.3, 0.4) is 0 Å². The molecule has 3 N–H and O–H groups in total. The van der Waals surface area contributed by atoms with Crippen LogP contribution in [0, 0.1) is 5.92 Å². The Morgan fingerprint density at radius 1 is 1.31 bits per heavy atom. The summed E-state index contributed by atoms with van der Waals surface area (Å²) in [7, 11) is 1.85. The minimum absolute atomic E-state index is 0. The maximum Gasteiger partial charge on any atom is 0.191 e. The zero-order valence-electron chi connectivity index (χ0n) is 19.7. The van der Waals surface area contributed by atoms with Crippen molar-refractivity contribution in [1.82, 2.24) is 30.3 Å². The zero-order chi connectivity index (χ0) is 22.3. The second-order valence-corrected chi connectivity index (χ2v) is 9.50. The van der Waals surface area contributed by atoms with Gasteiger partial charge in [-0.2, -0.15) is 5.10 Å². The van der Waals surface area contributed by atoms with Crippen molar-refractivity contribution in [3.05, 3.63) is 34.0 Å². The molecule has 2 aromatic rings. The summed E-state index contributed by atoms with van der Waals surface area (Å²) in [5.41, 5.74) is 0.934. The van der Waals surface area contributed by atoms with Crippen molar-refractivity contribution in [3.8, 4) is 0 Å². The van der Waals surface area contributed by atoms with Crippen LogP contribution in [-0.4, -0.2) is 63.5 Å². The Hall–Kier alpha value is -1.24. The fourth-order valence-electron chi connectivity index (χ4n) is 3.77. The quantitative estimate of drug-likeness (QED) is 0.242. The Labute approximate surface area is 212 Å². The molecule has 1 saturated heterocycles. The van der Waals surface area contributed by atoms with Crippen LogP contribution in [0.15, 0.2) is 22.8 Å². The van der Waals surface area contributed by atoms with Gasteiger partial charge in [0.05, 0.1) is 23.4 Å². The molecule has 180 valence electrons. The lowest BCUT2D eigenvalue weighted by Gasteiger charge is -2.32. The molecule has 0 amide bonds. The first-order valence-corrected chi connectivity index (χ1v) is 12.2. The Morgan fingerprint density at radius 2 is 2.06 bits per heavy atom. The summed E-state index contributed by atoms with van der Waals surface area (Å²) >= 11 is 1.77. The Kier molecular flexibility index (Phi) is 10.8. The predicted octanol–water partition coefficient (Wildman–Crippen LogP) is 2.73. The minimum atomic E-state index is -1.05. The first-order valence-electron chi connectivity index (χ1n) is 11.3. The summed E-state index contributed by atoms with van der Waals surface area (Å²) in [5, 5.41) is 25.1. The smallest absolute Gasteiger partial charge is 0.191 e. The summed E-state index contributed by atoms with van der Waals surface area (Å²) in [6, 6.07) is 0. The maximum absolute atomic E-state index is 10.8. The number of aliphatic hydroxyl groups is 1. The number of aryl methyl sites for hydroxylation is 2. The van der Waals surface area contributed by atoms with E-state index in [-0.39, 0.29) is 30.5 Å². The van der Waals surface area contributed by atoms with Gasteiger partial charge in [0.1, 0.15) is 5.60 Å². The third-order valence-corrected chi connectivity index (χ3v) is 6.81. The van der Waals surface area contributed by atoms with E-state index < -0.39 is 5.60 Å². The molecule has 8 nitrogen and oxygen atoms in total. The highest BCUT2D eigenvalue weighted by atomic mass is 127. The van der Waals surface area contributed by atoms with Gasteiger partial charge in [0.2, 0.25) is 0 Å². The minimum Gasteiger partial charge on any atom is -0.383 e. The van der Waals surface area contributed by atoms with Gasteiger partial charge in [0.15, 0.2) is 5.96 Å². The van der Waals surface area contributed by atoms with Crippen molar-refractivity contribution in [2.45, 2.75) is 52.2 Å². The van der Waals surface area contributed by atoms with Gasteiger partial charge in [-0.1, -0.05) is 6.92 Å². The molecule has 0 spiro atoms. The van der Waals surface area contributed by atoms with Crippen LogP contribution >= 0.6 is 35.3 Å². The molecular formula is C22H38IN7OS. The lowest BCUT2D eigenvalue weighted by molar-refractivity contribution is 0.0671. The molecule has 3 rings (SSSR count). The summed E-state index contributed by atoms with van der Waals surface area (Å²) in [4.78, 5) is 11.8. The van der Waals surface area contributed by atoms with Crippen molar-refractivity contribution < 1.29 is 5.11 Å². The van der Waals surface area contributed by atoms with E-state index in [9.17, 15) is 5.11 Å². The number of hydrogen-bond acceptors (Lipinski definition) is 6. The number of aromatic nitrogens is 3. The average Bonchev–Trinajstić information content (AvgIpc) is 3.40. The molecule has 0 bridgehead atoms. The van der Waals surface area contributed by atoms with Gasteiger partial charge in [-0.05, 0) is 52.1 Å². The standard InChI is InChI=1S/C22H37N7OS.HI/c1-5-20-27-19(15-31-20)14-29-9-7-17(8-10-29)11-24-21(23-6-2)25-16-22(3,30)18-12-26-28(4)13-18;/h12-13,15,17,30H,5-11,14,16H2,1-4H3,(H2,23,24,25);1H. The number of aliphatic imine (C=N–C) groups is 1. The van der Waals surface area contributed by atoms with E-state index in [1.54, 1.807) is 29.1 Å². The molecule has 1 fully saturated rings. The second kappa shape index (κ2) is 12.9. The van der Waals surface area contributed by atoms with Crippen molar-refractivity contribution in [2.24, 2.45) is 18.0 Å². The van der Waals surface area contributed by atoms with Crippen molar-refractivity contribution >= 4 is 41.3 Å². The molecule has 2 aromatic heterocycles. The van der Waals surface area contributed by atoms with Crippen molar-refractivity contribution in [1.29, 1.82) is 0 Å². The number of likely N-dealkylation sites (tertiary alicyclic amines) is 1. The van der Waals surface area contributed by atoms with Gasteiger partial charge in [-0.15, -0.1) is 35.3 Å². The highest BCUT2D eigenvalue weighted by Crippen LogP contribution is 2.21. The number of rotatable bonds is 9. The van der Waals surface area contributed by atoms with E-state index in [4.69, 9.17) is 4.98 Å². The SMILES string of the molecule is CCNC(=NCC(C)(O)c1cnn(C)c1)NCC1CCN(Cc2csc(CC)n2)CC1.I. The molecule has 32 heavy (non-hydrogen) atoms. The Bertz CT molecular complexity index is 843. The molecule has 1 atom stereocenters. The number of nitrogens with one attached hydrogen (secondary N) is 2. The lowest BCUT2D eigenvalue weighted by atomic mass is 9.97. The Balaban J connectivity index is 0.00000363. The van der Waals surface area contributed by atoms with E-state index in [1.165, 1.54) is 23.5 Å². The monoisotopic (exact) mass is 575 g/mol. The number of hydrogen-bond donors (Lipinski definition) is 3. The second-order valence-electron chi connectivity index (χ2n) is 8.56. The highest BCUT2D eigenvalue weighted by molar-refractivity contribution is 14.0. The van der Waals surface area contributed by atoms with Crippen LogP contribution < -0.4 is 10.6 Å². The molecule has 1 aliphatic rings. The number of halogens is 1. The van der Waals surface area contributed by atoms with Gasteiger partial charge < -0.3 is 15.7 Å². The fourth-order valence-corrected chi connectivity index (χ4v) is 4.50. The molecule has 1 aliphatic heterocycles.